The Morgan fingerprint density at radius 3 is 2.68 bits per heavy atom. The maximum atomic E-state index is 13.9. The molecule has 1 atom stereocenters. The Bertz CT molecular complexity index is 1120. The summed E-state index contributed by atoms with van der Waals surface area (Å²) in [4.78, 5) is 20.9. The van der Waals surface area contributed by atoms with Crippen LogP contribution in [0.5, 0.6) is 0 Å². The first-order valence-corrected chi connectivity index (χ1v) is 13.2. The SMILES string of the molecule is CCCCCCSc1nc2sc3c(c2c(=O)n1-c1ccc(C)cc1)C[C@@](C)(CC)OC3. The van der Waals surface area contributed by atoms with E-state index in [-0.39, 0.29) is 11.2 Å². The van der Waals surface area contributed by atoms with Gasteiger partial charge in [-0.25, -0.2) is 4.98 Å². The molecule has 166 valence electrons. The van der Waals surface area contributed by atoms with Crippen molar-refractivity contribution in [1.82, 2.24) is 9.55 Å². The first kappa shape index (κ1) is 22.6. The first-order chi connectivity index (χ1) is 15.0. The molecule has 0 unspecified atom stereocenters. The second kappa shape index (κ2) is 9.47. The standard InChI is InChI=1S/C25H32N2O2S2/c1-5-7-8-9-14-30-24-26-22-21(19-15-25(4,6-2)29-16-20(19)31-22)23(28)27(24)18-12-10-17(3)11-13-18/h10-13H,5-9,14-16H2,1-4H3/t25-/m1/s1. The third-order valence-electron chi connectivity index (χ3n) is 6.25. The monoisotopic (exact) mass is 456 g/mol. The summed E-state index contributed by atoms with van der Waals surface area (Å²) in [5, 5.41) is 1.59. The lowest BCUT2D eigenvalue weighted by Gasteiger charge is -2.32. The normalized spacial score (nSPS) is 18.5. The Kier molecular flexibility index (Phi) is 6.89. The molecule has 0 saturated heterocycles. The van der Waals surface area contributed by atoms with Crippen LogP contribution in [0.2, 0.25) is 0 Å². The smallest absolute Gasteiger partial charge is 0.267 e. The first-order valence-electron chi connectivity index (χ1n) is 11.4. The average molecular weight is 457 g/mol. The molecule has 4 rings (SSSR count). The van der Waals surface area contributed by atoms with Gasteiger partial charge in [0.1, 0.15) is 4.83 Å². The topological polar surface area (TPSA) is 44.1 Å². The summed E-state index contributed by atoms with van der Waals surface area (Å²) < 4.78 is 7.97. The van der Waals surface area contributed by atoms with Gasteiger partial charge in [0.15, 0.2) is 5.16 Å². The van der Waals surface area contributed by atoms with E-state index in [1.165, 1.54) is 24.8 Å². The van der Waals surface area contributed by atoms with Gasteiger partial charge in [-0.2, -0.15) is 0 Å². The Morgan fingerprint density at radius 2 is 1.97 bits per heavy atom. The van der Waals surface area contributed by atoms with Crippen LogP contribution in [0.4, 0.5) is 0 Å². The predicted molar refractivity (Wildman–Crippen MR) is 132 cm³/mol. The largest absolute Gasteiger partial charge is 0.369 e. The maximum Gasteiger partial charge on any atom is 0.267 e. The van der Waals surface area contributed by atoms with Crippen molar-refractivity contribution in [2.75, 3.05) is 5.75 Å². The fraction of sp³-hybridized carbons (Fsp3) is 0.520. The predicted octanol–water partition coefficient (Wildman–Crippen LogP) is 6.67. The minimum Gasteiger partial charge on any atom is -0.369 e. The lowest BCUT2D eigenvalue weighted by atomic mass is 9.90. The number of nitrogens with zero attached hydrogens (tertiary/aromatic N) is 2. The molecule has 31 heavy (non-hydrogen) atoms. The number of fused-ring (bicyclic) bond motifs is 3. The van der Waals surface area contributed by atoms with Gasteiger partial charge in [0.25, 0.3) is 5.56 Å². The van der Waals surface area contributed by atoms with E-state index in [2.05, 4.69) is 39.8 Å². The quantitative estimate of drug-likeness (QED) is 0.216. The number of aryl methyl sites for hydroxylation is 1. The highest BCUT2D eigenvalue weighted by Gasteiger charge is 2.33. The molecule has 0 spiro atoms. The van der Waals surface area contributed by atoms with Crippen molar-refractivity contribution in [3.8, 4) is 5.69 Å². The molecule has 4 nitrogen and oxygen atoms in total. The summed E-state index contributed by atoms with van der Waals surface area (Å²) in [6, 6.07) is 8.19. The average Bonchev–Trinajstić information content (AvgIpc) is 3.12. The Labute approximate surface area is 193 Å². The fourth-order valence-corrected chi connectivity index (χ4v) is 6.19. The van der Waals surface area contributed by atoms with Gasteiger partial charge in [0.05, 0.1) is 23.3 Å². The van der Waals surface area contributed by atoms with Crippen molar-refractivity contribution < 1.29 is 4.74 Å². The molecule has 0 bridgehead atoms. The number of hydrogen-bond donors (Lipinski definition) is 0. The summed E-state index contributed by atoms with van der Waals surface area (Å²) in [6.07, 6.45) is 6.54. The molecule has 6 heteroatoms. The number of aromatic nitrogens is 2. The van der Waals surface area contributed by atoms with Crippen molar-refractivity contribution in [2.24, 2.45) is 0 Å². The highest BCUT2D eigenvalue weighted by atomic mass is 32.2. The van der Waals surface area contributed by atoms with E-state index in [1.807, 2.05) is 16.7 Å². The number of benzene rings is 1. The molecule has 0 fully saturated rings. The van der Waals surface area contributed by atoms with E-state index >= 15 is 0 Å². The van der Waals surface area contributed by atoms with E-state index in [1.54, 1.807) is 23.1 Å². The van der Waals surface area contributed by atoms with Crippen LogP contribution in [0.25, 0.3) is 15.9 Å². The lowest BCUT2D eigenvalue weighted by molar-refractivity contribution is -0.0543. The molecule has 0 aliphatic carbocycles. The van der Waals surface area contributed by atoms with Gasteiger partial charge in [-0.1, -0.05) is 62.6 Å². The Balaban J connectivity index is 1.81. The van der Waals surface area contributed by atoms with Crippen LogP contribution in [0.15, 0.2) is 34.2 Å². The van der Waals surface area contributed by atoms with E-state index in [0.717, 1.165) is 56.5 Å². The minimum atomic E-state index is -0.213. The number of thioether (sulfide) groups is 1. The van der Waals surface area contributed by atoms with Gasteiger partial charge in [-0.15, -0.1) is 11.3 Å². The van der Waals surface area contributed by atoms with Crippen molar-refractivity contribution in [3.05, 3.63) is 50.6 Å². The van der Waals surface area contributed by atoms with Crippen molar-refractivity contribution >= 4 is 33.3 Å². The van der Waals surface area contributed by atoms with E-state index in [4.69, 9.17) is 9.72 Å². The summed E-state index contributed by atoms with van der Waals surface area (Å²) in [5.74, 6) is 0.978. The Hall–Kier alpha value is -1.63. The molecule has 1 aliphatic heterocycles. The fourth-order valence-electron chi connectivity index (χ4n) is 4.04. The van der Waals surface area contributed by atoms with E-state index in [0.29, 0.717) is 6.61 Å². The third kappa shape index (κ3) is 4.62. The van der Waals surface area contributed by atoms with Crippen LogP contribution in [0.3, 0.4) is 0 Å². The number of thiophene rings is 1. The zero-order valence-electron chi connectivity index (χ0n) is 19.0. The molecular formula is C25H32N2O2S2. The van der Waals surface area contributed by atoms with Crippen molar-refractivity contribution in [3.63, 3.8) is 0 Å². The Morgan fingerprint density at radius 1 is 1.19 bits per heavy atom. The maximum absolute atomic E-state index is 13.9. The van der Waals surface area contributed by atoms with Crippen molar-refractivity contribution in [2.45, 2.75) is 83.6 Å². The van der Waals surface area contributed by atoms with Crippen LogP contribution >= 0.6 is 23.1 Å². The molecule has 0 radical (unpaired) electrons. The zero-order chi connectivity index (χ0) is 22.0. The van der Waals surface area contributed by atoms with Crippen LogP contribution in [-0.2, 0) is 17.8 Å². The molecule has 3 heterocycles. The van der Waals surface area contributed by atoms with Gasteiger partial charge in [-0.05, 0) is 44.4 Å². The highest BCUT2D eigenvalue weighted by molar-refractivity contribution is 7.99. The van der Waals surface area contributed by atoms with Crippen LogP contribution in [-0.4, -0.2) is 20.9 Å². The lowest BCUT2D eigenvalue weighted by Crippen LogP contribution is -2.34. The van der Waals surface area contributed by atoms with Gasteiger partial charge >= 0.3 is 0 Å². The van der Waals surface area contributed by atoms with Gasteiger partial charge in [-0.3, -0.25) is 9.36 Å². The molecule has 0 N–H and O–H groups in total. The number of unbranched alkanes of at least 4 members (excludes halogenated alkanes) is 3. The van der Waals surface area contributed by atoms with Crippen LogP contribution in [0, 0.1) is 6.92 Å². The molecular weight excluding hydrogens is 424 g/mol. The number of hydrogen-bond acceptors (Lipinski definition) is 5. The summed E-state index contributed by atoms with van der Waals surface area (Å²) in [5.41, 5.74) is 3.07. The van der Waals surface area contributed by atoms with Gasteiger partial charge in [0.2, 0.25) is 0 Å². The summed E-state index contributed by atoms with van der Waals surface area (Å²) in [6.45, 7) is 9.16. The molecule has 3 aromatic rings. The van der Waals surface area contributed by atoms with Crippen molar-refractivity contribution in [1.29, 1.82) is 0 Å². The van der Waals surface area contributed by atoms with E-state index < -0.39 is 0 Å². The molecule has 1 aliphatic rings. The summed E-state index contributed by atoms with van der Waals surface area (Å²) >= 11 is 3.33. The summed E-state index contributed by atoms with van der Waals surface area (Å²) in [7, 11) is 0. The van der Waals surface area contributed by atoms with Gasteiger partial charge < -0.3 is 4.74 Å². The number of ether oxygens (including phenoxy) is 1. The zero-order valence-corrected chi connectivity index (χ0v) is 20.6. The number of rotatable bonds is 8. The van der Waals surface area contributed by atoms with E-state index in [9.17, 15) is 4.79 Å². The molecule has 0 amide bonds. The van der Waals surface area contributed by atoms with Gasteiger partial charge in [0, 0.05) is 17.1 Å². The molecule has 1 aromatic carbocycles. The van der Waals surface area contributed by atoms with Crippen LogP contribution < -0.4 is 5.56 Å². The highest BCUT2D eigenvalue weighted by Crippen LogP contribution is 2.39. The molecule has 2 aromatic heterocycles. The molecule has 0 saturated carbocycles. The minimum absolute atomic E-state index is 0.0581. The third-order valence-corrected chi connectivity index (χ3v) is 8.37. The van der Waals surface area contributed by atoms with Crippen LogP contribution in [0.1, 0.15) is 68.9 Å². The second-order valence-electron chi connectivity index (χ2n) is 8.73. The second-order valence-corrected chi connectivity index (χ2v) is 10.9.